The van der Waals surface area contributed by atoms with Crippen LogP contribution in [-0.4, -0.2) is 6.29 Å². The van der Waals surface area contributed by atoms with Crippen molar-refractivity contribution in [1.82, 2.24) is 0 Å². The van der Waals surface area contributed by atoms with Crippen molar-refractivity contribution in [2.75, 3.05) is 0 Å². The van der Waals surface area contributed by atoms with E-state index in [-0.39, 0.29) is 0 Å². The molecule has 9 heavy (non-hydrogen) atoms. The molecule has 0 amide bonds. The standard InChI is InChI=1S/C7H8OS/c8-5-6-1-3-7(9)4-2-6/h1,3,5,9H,2,4H2. The van der Waals surface area contributed by atoms with Gasteiger partial charge in [-0.1, -0.05) is 12.2 Å². The molecule has 1 aliphatic rings. The van der Waals surface area contributed by atoms with E-state index in [9.17, 15) is 4.79 Å². The second-order valence-corrected chi connectivity index (χ2v) is 2.59. The van der Waals surface area contributed by atoms with E-state index in [1.165, 1.54) is 0 Å². The highest BCUT2D eigenvalue weighted by Gasteiger charge is 2.00. The first kappa shape index (κ1) is 6.62. The summed E-state index contributed by atoms with van der Waals surface area (Å²) in [5.41, 5.74) is 0.868. The molecule has 0 saturated carbocycles. The van der Waals surface area contributed by atoms with Crippen molar-refractivity contribution in [2.24, 2.45) is 0 Å². The minimum Gasteiger partial charge on any atom is -0.298 e. The minimum absolute atomic E-state index is 0.846. The van der Waals surface area contributed by atoms with Crippen LogP contribution < -0.4 is 0 Å². The third-order valence-electron chi connectivity index (χ3n) is 1.31. The Morgan fingerprint density at radius 2 is 2.22 bits per heavy atom. The summed E-state index contributed by atoms with van der Waals surface area (Å²) in [5, 5.41) is 0. The summed E-state index contributed by atoms with van der Waals surface area (Å²) in [5.74, 6) is 0. The summed E-state index contributed by atoms with van der Waals surface area (Å²) in [7, 11) is 0. The summed E-state index contributed by atoms with van der Waals surface area (Å²) < 4.78 is 0. The maximum absolute atomic E-state index is 10.1. The fraction of sp³-hybridized carbons (Fsp3) is 0.286. The van der Waals surface area contributed by atoms with Crippen LogP contribution in [0, 0.1) is 0 Å². The van der Waals surface area contributed by atoms with Gasteiger partial charge in [-0.2, -0.15) is 0 Å². The van der Waals surface area contributed by atoms with Crippen LogP contribution in [0.2, 0.25) is 0 Å². The average molecular weight is 140 g/mol. The second kappa shape index (κ2) is 2.87. The van der Waals surface area contributed by atoms with Gasteiger partial charge in [0.2, 0.25) is 0 Å². The molecule has 0 unspecified atom stereocenters. The van der Waals surface area contributed by atoms with Crippen LogP contribution in [-0.2, 0) is 4.79 Å². The van der Waals surface area contributed by atoms with Gasteiger partial charge in [0.25, 0.3) is 0 Å². The Morgan fingerprint density at radius 1 is 1.44 bits per heavy atom. The molecule has 0 radical (unpaired) electrons. The van der Waals surface area contributed by atoms with Crippen molar-refractivity contribution in [1.29, 1.82) is 0 Å². The van der Waals surface area contributed by atoms with Crippen LogP contribution in [0.25, 0.3) is 0 Å². The lowest BCUT2D eigenvalue weighted by Gasteiger charge is -2.03. The van der Waals surface area contributed by atoms with Gasteiger partial charge in [-0.15, -0.1) is 12.6 Å². The molecule has 1 nitrogen and oxygen atoms in total. The maximum atomic E-state index is 10.1. The smallest absolute Gasteiger partial charge is 0.146 e. The van der Waals surface area contributed by atoms with E-state index in [4.69, 9.17) is 0 Å². The van der Waals surface area contributed by atoms with Crippen molar-refractivity contribution >= 4 is 18.9 Å². The Hall–Kier alpha value is -0.500. The summed E-state index contributed by atoms with van der Waals surface area (Å²) >= 11 is 4.14. The lowest BCUT2D eigenvalue weighted by atomic mass is 10.1. The molecule has 2 heteroatoms. The molecule has 1 aliphatic carbocycles. The molecule has 0 heterocycles. The molecule has 0 aromatic carbocycles. The normalized spacial score (nSPS) is 18.3. The van der Waals surface area contributed by atoms with Crippen molar-refractivity contribution < 1.29 is 4.79 Å². The Bertz CT molecular complexity index is 179. The Kier molecular flexibility index (Phi) is 2.11. The molecular formula is C7H8OS. The summed E-state index contributed by atoms with van der Waals surface area (Å²) in [4.78, 5) is 11.2. The van der Waals surface area contributed by atoms with E-state index in [0.29, 0.717) is 0 Å². The van der Waals surface area contributed by atoms with Crippen LogP contribution in [0.15, 0.2) is 22.6 Å². The molecule has 0 bridgehead atoms. The van der Waals surface area contributed by atoms with Crippen molar-refractivity contribution in [3.8, 4) is 0 Å². The summed E-state index contributed by atoms with van der Waals surface area (Å²) in [6.07, 6.45) is 6.35. The number of aldehydes is 1. The summed E-state index contributed by atoms with van der Waals surface area (Å²) in [6.45, 7) is 0. The van der Waals surface area contributed by atoms with Crippen LogP contribution in [0.4, 0.5) is 0 Å². The van der Waals surface area contributed by atoms with E-state index >= 15 is 0 Å². The van der Waals surface area contributed by atoms with E-state index in [1.54, 1.807) is 0 Å². The number of carbonyl (C=O) groups is 1. The molecule has 0 atom stereocenters. The Morgan fingerprint density at radius 3 is 2.67 bits per heavy atom. The molecule has 0 N–H and O–H groups in total. The zero-order chi connectivity index (χ0) is 6.69. The largest absolute Gasteiger partial charge is 0.298 e. The van der Waals surface area contributed by atoms with Crippen LogP contribution >= 0.6 is 12.6 Å². The molecule has 0 aromatic rings. The lowest BCUT2D eigenvalue weighted by Crippen LogP contribution is -1.89. The third kappa shape index (κ3) is 1.72. The highest BCUT2D eigenvalue weighted by molar-refractivity contribution is 7.84. The fourth-order valence-electron chi connectivity index (χ4n) is 0.741. The number of allylic oxidation sites excluding steroid dienone is 4. The number of rotatable bonds is 1. The lowest BCUT2D eigenvalue weighted by molar-refractivity contribution is -0.105. The van der Waals surface area contributed by atoms with Gasteiger partial charge >= 0.3 is 0 Å². The van der Waals surface area contributed by atoms with Crippen LogP contribution in [0.1, 0.15) is 12.8 Å². The van der Waals surface area contributed by atoms with E-state index < -0.39 is 0 Å². The van der Waals surface area contributed by atoms with E-state index in [2.05, 4.69) is 12.6 Å². The minimum atomic E-state index is 0.846. The molecule has 1 rings (SSSR count). The van der Waals surface area contributed by atoms with Crippen molar-refractivity contribution in [3.63, 3.8) is 0 Å². The number of thiol groups is 1. The van der Waals surface area contributed by atoms with Gasteiger partial charge in [0.15, 0.2) is 0 Å². The molecule has 0 saturated heterocycles. The Balaban J connectivity index is 2.69. The van der Waals surface area contributed by atoms with Gasteiger partial charge in [0, 0.05) is 0 Å². The number of hydrogen-bond acceptors (Lipinski definition) is 2. The highest BCUT2D eigenvalue weighted by atomic mass is 32.1. The third-order valence-corrected chi connectivity index (χ3v) is 1.68. The van der Waals surface area contributed by atoms with Gasteiger partial charge in [-0.05, 0) is 23.3 Å². The monoisotopic (exact) mass is 140 g/mol. The topological polar surface area (TPSA) is 17.1 Å². The zero-order valence-corrected chi connectivity index (χ0v) is 5.90. The molecule has 0 aromatic heterocycles. The van der Waals surface area contributed by atoms with Gasteiger partial charge < -0.3 is 0 Å². The first-order valence-corrected chi connectivity index (χ1v) is 3.31. The fourth-order valence-corrected chi connectivity index (χ4v) is 0.927. The molecule has 48 valence electrons. The predicted octanol–water partition coefficient (Wildman–Crippen LogP) is 1.72. The second-order valence-electron chi connectivity index (χ2n) is 2.02. The molecule has 0 aliphatic heterocycles. The molecular weight excluding hydrogens is 132 g/mol. The zero-order valence-electron chi connectivity index (χ0n) is 5.00. The molecule has 0 spiro atoms. The van der Waals surface area contributed by atoms with Crippen LogP contribution in [0.3, 0.4) is 0 Å². The number of hydrogen-bond donors (Lipinski definition) is 1. The van der Waals surface area contributed by atoms with Crippen LogP contribution in [0.5, 0.6) is 0 Å². The van der Waals surface area contributed by atoms with Crippen molar-refractivity contribution in [3.05, 3.63) is 22.6 Å². The maximum Gasteiger partial charge on any atom is 0.146 e. The Labute approximate surface area is 59.9 Å². The number of carbonyl (C=O) groups excluding carboxylic acids is 1. The molecule has 0 fully saturated rings. The van der Waals surface area contributed by atoms with Crippen molar-refractivity contribution in [2.45, 2.75) is 12.8 Å². The average Bonchev–Trinajstić information content (AvgIpc) is 1.90. The van der Waals surface area contributed by atoms with Gasteiger partial charge in [-0.3, -0.25) is 4.79 Å². The van der Waals surface area contributed by atoms with Gasteiger partial charge in [0.05, 0.1) is 0 Å². The SMILES string of the molecule is O=CC1=CC=C(S)CC1. The summed E-state index contributed by atoms with van der Waals surface area (Å²) in [6, 6.07) is 0. The van der Waals surface area contributed by atoms with Gasteiger partial charge in [-0.25, -0.2) is 0 Å². The highest BCUT2D eigenvalue weighted by Crippen LogP contribution is 2.18. The predicted molar refractivity (Wildman–Crippen MR) is 40.5 cm³/mol. The van der Waals surface area contributed by atoms with E-state index in [0.717, 1.165) is 29.6 Å². The first-order chi connectivity index (χ1) is 4.33. The van der Waals surface area contributed by atoms with Gasteiger partial charge in [0.1, 0.15) is 6.29 Å². The first-order valence-electron chi connectivity index (χ1n) is 2.87. The quantitative estimate of drug-likeness (QED) is 0.433. The van der Waals surface area contributed by atoms with E-state index in [1.807, 2.05) is 12.2 Å².